The van der Waals surface area contributed by atoms with Crippen LogP contribution in [0.5, 0.6) is 0 Å². The maximum Gasteiger partial charge on any atom is 0.416 e. The summed E-state index contributed by atoms with van der Waals surface area (Å²) in [5.74, 6) is 0. The van der Waals surface area contributed by atoms with E-state index in [4.69, 9.17) is 17.3 Å². The van der Waals surface area contributed by atoms with Crippen molar-refractivity contribution < 1.29 is 21.6 Å². The number of halogens is 4. The van der Waals surface area contributed by atoms with Crippen LogP contribution in [0.25, 0.3) is 0 Å². The first kappa shape index (κ1) is 16.0. The van der Waals surface area contributed by atoms with Crippen molar-refractivity contribution in [2.45, 2.75) is 6.18 Å². The zero-order chi connectivity index (χ0) is 14.7. The molecule has 19 heavy (non-hydrogen) atoms. The fourth-order valence-corrected chi connectivity index (χ4v) is 2.29. The lowest BCUT2D eigenvalue weighted by atomic mass is 10.2. The highest BCUT2D eigenvalue weighted by molar-refractivity contribution is 7.90. The summed E-state index contributed by atoms with van der Waals surface area (Å²) < 4.78 is 64.3. The largest absolute Gasteiger partial charge is 0.416 e. The van der Waals surface area contributed by atoms with E-state index in [0.717, 1.165) is 12.1 Å². The van der Waals surface area contributed by atoms with Gasteiger partial charge in [0.05, 0.1) is 16.3 Å². The van der Waals surface area contributed by atoms with Crippen molar-refractivity contribution in [1.82, 2.24) is 4.72 Å². The molecule has 0 atom stereocenters. The number of hydrogen-bond donors (Lipinski definition) is 3. The predicted molar refractivity (Wildman–Crippen MR) is 66.1 cm³/mol. The van der Waals surface area contributed by atoms with E-state index < -0.39 is 21.9 Å². The Balaban J connectivity index is 3.01. The molecule has 0 amide bonds. The molecule has 0 aliphatic rings. The van der Waals surface area contributed by atoms with E-state index in [1.54, 1.807) is 0 Å². The Morgan fingerprint density at radius 3 is 2.47 bits per heavy atom. The van der Waals surface area contributed by atoms with Crippen LogP contribution in [0.2, 0.25) is 5.02 Å². The molecule has 0 radical (unpaired) electrons. The second kappa shape index (κ2) is 5.95. The lowest BCUT2D eigenvalue weighted by Crippen LogP contribution is -2.34. The molecule has 0 heterocycles. The Bertz CT molecular complexity index is 548. The number of nitrogens with two attached hydrogens (primary N) is 1. The van der Waals surface area contributed by atoms with E-state index in [-0.39, 0.29) is 23.8 Å². The van der Waals surface area contributed by atoms with Gasteiger partial charge in [-0.3, -0.25) is 4.72 Å². The summed E-state index contributed by atoms with van der Waals surface area (Å²) in [6, 6.07) is 2.34. The topological polar surface area (TPSA) is 84.2 Å². The number of anilines is 1. The number of benzene rings is 1. The maximum atomic E-state index is 12.5. The molecule has 0 saturated carbocycles. The summed E-state index contributed by atoms with van der Waals surface area (Å²) >= 11 is 5.64. The maximum absolute atomic E-state index is 12.5. The van der Waals surface area contributed by atoms with Crippen molar-refractivity contribution in [1.29, 1.82) is 0 Å². The molecule has 1 rings (SSSR count). The molecule has 0 spiro atoms. The van der Waals surface area contributed by atoms with Gasteiger partial charge in [-0.2, -0.15) is 26.3 Å². The van der Waals surface area contributed by atoms with E-state index in [2.05, 4.69) is 0 Å². The molecule has 10 heteroatoms. The van der Waals surface area contributed by atoms with E-state index in [0.29, 0.717) is 6.07 Å². The van der Waals surface area contributed by atoms with E-state index >= 15 is 0 Å². The van der Waals surface area contributed by atoms with Gasteiger partial charge < -0.3 is 5.73 Å². The summed E-state index contributed by atoms with van der Waals surface area (Å²) in [6.45, 7) is 0.00312. The molecule has 0 aliphatic carbocycles. The summed E-state index contributed by atoms with van der Waals surface area (Å²) in [7, 11) is -4.01. The van der Waals surface area contributed by atoms with Gasteiger partial charge in [-0.05, 0) is 18.2 Å². The fraction of sp³-hybridized carbons (Fsp3) is 0.333. The summed E-state index contributed by atoms with van der Waals surface area (Å²) in [4.78, 5) is 0. The van der Waals surface area contributed by atoms with Crippen molar-refractivity contribution in [3.8, 4) is 0 Å². The molecule has 1 aromatic carbocycles. The Morgan fingerprint density at radius 2 is 1.95 bits per heavy atom. The van der Waals surface area contributed by atoms with Gasteiger partial charge in [0.2, 0.25) is 0 Å². The Hall–Kier alpha value is -1.03. The second-order valence-electron chi connectivity index (χ2n) is 3.48. The molecule has 0 fully saturated rings. The highest BCUT2D eigenvalue weighted by Crippen LogP contribution is 2.33. The molecule has 0 aliphatic heterocycles. The van der Waals surface area contributed by atoms with Crippen molar-refractivity contribution in [2.75, 3.05) is 17.8 Å². The molecule has 108 valence electrons. The lowest BCUT2D eigenvalue weighted by Gasteiger charge is -2.13. The SMILES string of the molecule is NCCNS(=O)(=O)Nc1cc(C(F)(F)F)ccc1Cl. The van der Waals surface area contributed by atoms with Gasteiger partial charge in [-0.1, -0.05) is 11.6 Å². The van der Waals surface area contributed by atoms with Crippen LogP contribution in [0.1, 0.15) is 5.56 Å². The number of hydrogen-bond acceptors (Lipinski definition) is 3. The normalized spacial score (nSPS) is 12.5. The average Bonchev–Trinajstić information content (AvgIpc) is 2.28. The second-order valence-corrected chi connectivity index (χ2v) is 5.39. The Morgan fingerprint density at radius 1 is 1.32 bits per heavy atom. The standard InChI is InChI=1S/C9H11ClF3N3O2S/c10-7-2-1-6(9(11,12)13)5-8(7)16-19(17,18)15-4-3-14/h1-2,5,15-16H,3-4,14H2. The zero-order valence-corrected chi connectivity index (χ0v) is 11.0. The molecule has 0 unspecified atom stereocenters. The minimum Gasteiger partial charge on any atom is -0.329 e. The van der Waals surface area contributed by atoms with Gasteiger partial charge in [-0.15, -0.1) is 0 Å². The van der Waals surface area contributed by atoms with Gasteiger partial charge in [0.25, 0.3) is 10.2 Å². The molecule has 4 N–H and O–H groups in total. The predicted octanol–water partition coefficient (Wildman–Crippen LogP) is 1.56. The summed E-state index contributed by atoms with van der Waals surface area (Å²) in [6.07, 6.45) is -4.59. The van der Waals surface area contributed by atoms with Gasteiger partial charge >= 0.3 is 6.18 Å². The fourth-order valence-electron chi connectivity index (χ4n) is 1.15. The molecule has 0 aromatic heterocycles. The van der Waals surface area contributed by atoms with Crippen LogP contribution in [-0.2, 0) is 16.4 Å². The van der Waals surface area contributed by atoms with E-state index in [9.17, 15) is 21.6 Å². The van der Waals surface area contributed by atoms with Crippen molar-refractivity contribution in [2.24, 2.45) is 5.73 Å². The van der Waals surface area contributed by atoms with Crippen LogP contribution >= 0.6 is 11.6 Å². The van der Waals surface area contributed by atoms with Crippen molar-refractivity contribution in [3.05, 3.63) is 28.8 Å². The Labute approximate surface area is 113 Å². The van der Waals surface area contributed by atoms with Crippen molar-refractivity contribution in [3.63, 3.8) is 0 Å². The molecule has 0 bridgehead atoms. The van der Waals surface area contributed by atoms with Crippen LogP contribution in [0, 0.1) is 0 Å². The molecule has 0 saturated heterocycles. The first-order valence-electron chi connectivity index (χ1n) is 5.00. The summed E-state index contributed by atoms with van der Waals surface area (Å²) in [5.41, 5.74) is 3.74. The minimum atomic E-state index is -4.59. The third-order valence-electron chi connectivity index (χ3n) is 1.97. The molecular formula is C9H11ClF3N3O2S. The molecule has 5 nitrogen and oxygen atoms in total. The number of rotatable bonds is 5. The number of nitrogens with one attached hydrogen (secondary N) is 2. The van der Waals surface area contributed by atoms with Gasteiger partial charge in [0.1, 0.15) is 0 Å². The van der Waals surface area contributed by atoms with Gasteiger partial charge in [0.15, 0.2) is 0 Å². The van der Waals surface area contributed by atoms with Crippen LogP contribution in [0.4, 0.5) is 18.9 Å². The quantitative estimate of drug-likeness (QED) is 0.770. The van der Waals surface area contributed by atoms with Crippen LogP contribution in [0.3, 0.4) is 0 Å². The summed E-state index contributed by atoms with van der Waals surface area (Å²) in [5, 5.41) is -0.147. The third kappa shape index (κ3) is 4.86. The smallest absolute Gasteiger partial charge is 0.329 e. The zero-order valence-electron chi connectivity index (χ0n) is 9.46. The third-order valence-corrected chi connectivity index (χ3v) is 3.38. The minimum absolute atomic E-state index is 0.0497. The average molecular weight is 318 g/mol. The van der Waals surface area contributed by atoms with Crippen LogP contribution < -0.4 is 15.2 Å². The molecule has 1 aromatic rings. The number of alkyl halides is 3. The van der Waals surface area contributed by atoms with E-state index in [1.807, 2.05) is 9.44 Å². The monoisotopic (exact) mass is 317 g/mol. The highest BCUT2D eigenvalue weighted by atomic mass is 35.5. The first-order chi connectivity index (χ1) is 8.65. The van der Waals surface area contributed by atoms with Crippen LogP contribution in [0.15, 0.2) is 18.2 Å². The Kier molecular flexibility index (Phi) is 5.02. The first-order valence-corrected chi connectivity index (χ1v) is 6.86. The van der Waals surface area contributed by atoms with Crippen molar-refractivity contribution >= 4 is 27.5 Å². The highest BCUT2D eigenvalue weighted by Gasteiger charge is 2.31. The van der Waals surface area contributed by atoms with Gasteiger partial charge in [0, 0.05) is 13.1 Å². The van der Waals surface area contributed by atoms with E-state index in [1.165, 1.54) is 0 Å². The lowest BCUT2D eigenvalue weighted by molar-refractivity contribution is -0.137. The molecular weight excluding hydrogens is 307 g/mol. The van der Waals surface area contributed by atoms with Gasteiger partial charge in [-0.25, -0.2) is 0 Å². The van der Waals surface area contributed by atoms with Crippen LogP contribution in [-0.4, -0.2) is 21.5 Å².